The molecule has 0 atom stereocenters. The molecule has 0 unspecified atom stereocenters. The molecule has 0 aliphatic carbocycles. The zero-order valence-electron chi connectivity index (χ0n) is 12.0. The minimum Gasteiger partial charge on any atom is -0.468 e. The summed E-state index contributed by atoms with van der Waals surface area (Å²) in [5.41, 5.74) is 0. The molecule has 0 aromatic rings. The highest BCUT2D eigenvalue weighted by atomic mass is 16.5. The fourth-order valence-electron chi connectivity index (χ4n) is 1.99. The third-order valence-corrected chi connectivity index (χ3v) is 3.17. The summed E-state index contributed by atoms with van der Waals surface area (Å²) in [5.74, 6) is -1.27. The summed E-state index contributed by atoms with van der Waals surface area (Å²) in [4.78, 5) is 48.7. The first-order chi connectivity index (χ1) is 9.36. The van der Waals surface area contributed by atoms with Crippen LogP contribution in [0, 0.1) is 0 Å². The molecule has 0 aromatic heterocycles. The largest absolute Gasteiger partial charge is 0.468 e. The standard InChI is InChI=1S/C13H20N2O5/c1-9(2)15(8-13(19)20-3)12(18)6-7-14-10(16)4-5-11(14)17/h9H,4-8H2,1-3H3. The van der Waals surface area contributed by atoms with Crippen LogP contribution in [0.25, 0.3) is 0 Å². The second kappa shape index (κ2) is 7.02. The first kappa shape index (κ1) is 16.1. The fraction of sp³-hybridized carbons (Fsp3) is 0.692. The summed E-state index contributed by atoms with van der Waals surface area (Å²) < 4.78 is 4.54. The van der Waals surface area contributed by atoms with Gasteiger partial charge in [-0.3, -0.25) is 24.1 Å². The van der Waals surface area contributed by atoms with Crippen LogP contribution in [0.2, 0.25) is 0 Å². The number of amides is 3. The van der Waals surface area contributed by atoms with Crippen molar-refractivity contribution in [2.75, 3.05) is 20.2 Å². The van der Waals surface area contributed by atoms with Crippen LogP contribution in [-0.4, -0.2) is 59.7 Å². The van der Waals surface area contributed by atoms with Gasteiger partial charge in [0.15, 0.2) is 0 Å². The number of hydrogen-bond acceptors (Lipinski definition) is 5. The Morgan fingerprint density at radius 3 is 2.25 bits per heavy atom. The van der Waals surface area contributed by atoms with Gasteiger partial charge in [-0.05, 0) is 13.8 Å². The van der Waals surface area contributed by atoms with E-state index in [-0.39, 0.29) is 56.1 Å². The normalized spacial score (nSPS) is 14.9. The second-order valence-corrected chi connectivity index (χ2v) is 4.88. The molecule has 1 fully saturated rings. The molecule has 1 aliphatic heterocycles. The molecule has 0 N–H and O–H groups in total. The Morgan fingerprint density at radius 2 is 1.80 bits per heavy atom. The molecule has 1 rings (SSSR count). The number of ether oxygens (including phenoxy) is 1. The van der Waals surface area contributed by atoms with Crippen molar-refractivity contribution in [3.8, 4) is 0 Å². The molecule has 0 spiro atoms. The zero-order valence-corrected chi connectivity index (χ0v) is 12.0. The van der Waals surface area contributed by atoms with E-state index < -0.39 is 5.97 Å². The average molecular weight is 284 g/mol. The van der Waals surface area contributed by atoms with Gasteiger partial charge < -0.3 is 9.64 Å². The van der Waals surface area contributed by atoms with Gasteiger partial charge in [-0.15, -0.1) is 0 Å². The highest BCUT2D eigenvalue weighted by molar-refractivity contribution is 6.02. The molecule has 3 amide bonds. The SMILES string of the molecule is COC(=O)CN(C(=O)CCN1C(=O)CCC1=O)C(C)C. The monoisotopic (exact) mass is 284 g/mol. The van der Waals surface area contributed by atoms with Crippen LogP contribution in [-0.2, 0) is 23.9 Å². The number of carbonyl (C=O) groups excluding carboxylic acids is 4. The number of likely N-dealkylation sites (tertiary alicyclic amines) is 1. The molecule has 1 saturated heterocycles. The molecule has 0 bridgehead atoms. The Kier molecular flexibility index (Phi) is 5.66. The van der Waals surface area contributed by atoms with Crippen LogP contribution in [0.5, 0.6) is 0 Å². The Morgan fingerprint density at radius 1 is 1.25 bits per heavy atom. The summed E-state index contributed by atoms with van der Waals surface area (Å²) in [5, 5.41) is 0. The summed E-state index contributed by atoms with van der Waals surface area (Å²) in [6, 6.07) is -0.161. The lowest BCUT2D eigenvalue weighted by Gasteiger charge is -2.26. The van der Waals surface area contributed by atoms with Gasteiger partial charge in [0.05, 0.1) is 7.11 Å². The van der Waals surface area contributed by atoms with Gasteiger partial charge >= 0.3 is 5.97 Å². The Balaban J connectivity index is 2.56. The molecule has 1 aliphatic rings. The molecule has 1 heterocycles. The van der Waals surface area contributed by atoms with E-state index >= 15 is 0 Å². The molecular weight excluding hydrogens is 264 g/mol. The van der Waals surface area contributed by atoms with E-state index in [0.717, 1.165) is 4.90 Å². The average Bonchev–Trinajstić information content (AvgIpc) is 2.72. The number of hydrogen-bond donors (Lipinski definition) is 0. The fourth-order valence-corrected chi connectivity index (χ4v) is 1.99. The van der Waals surface area contributed by atoms with Gasteiger partial charge in [0.2, 0.25) is 17.7 Å². The van der Waals surface area contributed by atoms with Crippen molar-refractivity contribution < 1.29 is 23.9 Å². The summed E-state index contributed by atoms with van der Waals surface area (Å²) in [6.07, 6.45) is 0.443. The molecule has 112 valence electrons. The van der Waals surface area contributed by atoms with Crippen molar-refractivity contribution in [1.29, 1.82) is 0 Å². The topological polar surface area (TPSA) is 84.0 Å². The number of carbonyl (C=O) groups is 4. The molecule has 7 nitrogen and oxygen atoms in total. The number of rotatable bonds is 6. The maximum atomic E-state index is 12.1. The van der Waals surface area contributed by atoms with Gasteiger partial charge in [0.1, 0.15) is 6.54 Å². The van der Waals surface area contributed by atoms with Crippen molar-refractivity contribution in [3.05, 3.63) is 0 Å². The summed E-state index contributed by atoms with van der Waals surface area (Å²) in [6.45, 7) is 3.51. The summed E-state index contributed by atoms with van der Waals surface area (Å²) in [7, 11) is 1.26. The maximum Gasteiger partial charge on any atom is 0.325 e. The predicted octanol–water partition coefficient (Wildman–Crippen LogP) is -0.0645. The van der Waals surface area contributed by atoms with Gasteiger partial charge in [0, 0.05) is 31.8 Å². The highest BCUT2D eigenvalue weighted by Gasteiger charge is 2.30. The molecule has 0 radical (unpaired) electrons. The van der Waals surface area contributed by atoms with Crippen LogP contribution in [0.15, 0.2) is 0 Å². The third-order valence-electron chi connectivity index (χ3n) is 3.17. The lowest BCUT2D eigenvalue weighted by atomic mass is 10.2. The van der Waals surface area contributed by atoms with E-state index in [1.165, 1.54) is 12.0 Å². The zero-order chi connectivity index (χ0) is 15.3. The minimum atomic E-state index is -0.500. The van der Waals surface area contributed by atoms with Gasteiger partial charge in [-0.1, -0.05) is 0 Å². The predicted molar refractivity (Wildman–Crippen MR) is 69.4 cm³/mol. The van der Waals surface area contributed by atoms with Crippen LogP contribution < -0.4 is 0 Å². The van der Waals surface area contributed by atoms with E-state index in [0.29, 0.717) is 0 Å². The number of imide groups is 1. The van der Waals surface area contributed by atoms with Crippen LogP contribution in [0.1, 0.15) is 33.1 Å². The molecule has 20 heavy (non-hydrogen) atoms. The van der Waals surface area contributed by atoms with Gasteiger partial charge in [0.25, 0.3) is 0 Å². The molecule has 7 heteroatoms. The van der Waals surface area contributed by atoms with Crippen molar-refractivity contribution in [1.82, 2.24) is 9.80 Å². The van der Waals surface area contributed by atoms with Gasteiger partial charge in [-0.25, -0.2) is 0 Å². The smallest absolute Gasteiger partial charge is 0.325 e. The third kappa shape index (κ3) is 4.04. The first-order valence-corrected chi connectivity index (χ1v) is 6.56. The summed E-state index contributed by atoms with van der Waals surface area (Å²) >= 11 is 0. The van der Waals surface area contributed by atoms with Crippen molar-refractivity contribution in [3.63, 3.8) is 0 Å². The van der Waals surface area contributed by atoms with Crippen LogP contribution >= 0.6 is 0 Å². The van der Waals surface area contributed by atoms with Gasteiger partial charge in [-0.2, -0.15) is 0 Å². The highest BCUT2D eigenvalue weighted by Crippen LogP contribution is 2.13. The lowest BCUT2D eigenvalue weighted by molar-refractivity contribution is -0.149. The number of esters is 1. The number of nitrogens with zero attached hydrogens (tertiary/aromatic N) is 2. The van der Waals surface area contributed by atoms with Crippen molar-refractivity contribution >= 4 is 23.7 Å². The Labute approximate surface area is 117 Å². The van der Waals surface area contributed by atoms with E-state index in [1.807, 2.05) is 0 Å². The quantitative estimate of drug-likeness (QED) is 0.504. The molecule has 0 aromatic carbocycles. The van der Waals surface area contributed by atoms with Crippen LogP contribution in [0.4, 0.5) is 0 Å². The van der Waals surface area contributed by atoms with E-state index in [1.54, 1.807) is 13.8 Å². The van der Waals surface area contributed by atoms with E-state index in [4.69, 9.17) is 0 Å². The Bertz CT molecular complexity index is 403. The van der Waals surface area contributed by atoms with Crippen LogP contribution in [0.3, 0.4) is 0 Å². The maximum absolute atomic E-state index is 12.1. The second-order valence-electron chi connectivity index (χ2n) is 4.88. The van der Waals surface area contributed by atoms with E-state index in [2.05, 4.69) is 4.74 Å². The van der Waals surface area contributed by atoms with Crippen molar-refractivity contribution in [2.45, 2.75) is 39.2 Å². The minimum absolute atomic E-state index is 0.0205. The Hall–Kier alpha value is -1.92. The molecular formula is C13H20N2O5. The molecule has 0 saturated carbocycles. The first-order valence-electron chi connectivity index (χ1n) is 6.56. The van der Waals surface area contributed by atoms with E-state index in [9.17, 15) is 19.2 Å². The lowest BCUT2D eigenvalue weighted by Crippen LogP contribution is -2.43. The number of methoxy groups -OCH3 is 1. The van der Waals surface area contributed by atoms with Crippen molar-refractivity contribution in [2.24, 2.45) is 0 Å².